The Kier molecular flexibility index (Phi) is 2.90. The fourth-order valence-corrected chi connectivity index (χ4v) is 1.02. The second-order valence-corrected chi connectivity index (χ2v) is 2.48. The van der Waals surface area contributed by atoms with E-state index < -0.39 is 6.43 Å². The molecule has 0 aliphatic carbocycles. The highest BCUT2D eigenvalue weighted by atomic mass is 19.3. The Hall–Kier alpha value is -1.51. The van der Waals surface area contributed by atoms with E-state index in [1.54, 1.807) is 0 Å². The van der Waals surface area contributed by atoms with Crippen molar-refractivity contribution in [2.75, 3.05) is 0 Å². The smallest absolute Gasteiger partial charge is 0.263 e. The summed E-state index contributed by atoms with van der Waals surface area (Å²) in [5.74, 6) is 0. The van der Waals surface area contributed by atoms with E-state index in [9.17, 15) is 8.78 Å². The second-order valence-electron chi connectivity index (χ2n) is 2.48. The van der Waals surface area contributed by atoms with Crippen molar-refractivity contribution in [3.63, 3.8) is 0 Å². The van der Waals surface area contributed by atoms with Crippen molar-refractivity contribution in [3.8, 4) is 0 Å². The van der Waals surface area contributed by atoms with Crippen LogP contribution in [0.1, 0.15) is 17.6 Å². The number of alkyl halides is 2. The molecule has 0 aliphatic rings. The molecule has 0 aromatic heterocycles. The number of rotatable bonds is 3. The van der Waals surface area contributed by atoms with Gasteiger partial charge in [-0.2, -0.15) is 0 Å². The molecule has 1 rings (SSSR count). The lowest BCUT2D eigenvalue weighted by atomic mass is 10.1. The number of hydrogen-bond acceptors (Lipinski definition) is 1. The fourth-order valence-electron chi connectivity index (χ4n) is 1.02. The zero-order valence-electron chi connectivity index (χ0n) is 7.00. The summed E-state index contributed by atoms with van der Waals surface area (Å²) >= 11 is 0. The third-order valence-electron chi connectivity index (χ3n) is 1.69. The molecule has 1 aromatic rings. The number of halogens is 2. The van der Waals surface area contributed by atoms with Crippen LogP contribution in [0.4, 0.5) is 14.5 Å². The zero-order valence-corrected chi connectivity index (χ0v) is 7.00. The first kappa shape index (κ1) is 9.58. The first-order valence-electron chi connectivity index (χ1n) is 3.70. The minimum absolute atomic E-state index is 0.0256. The molecular formula is C10H9F2N. The summed E-state index contributed by atoms with van der Waals surface area (Å²) in [4.78, 5) is 3.68. The minimum Gasteiger partial charge on any atom is -0.264 e. The van der Waals surface area contributed by atoms with Crippen molar-refractivity contribution in [1.82, 2.24) is 0 Å². The van der Waals surface area contributed by atoms with Gasteiger partial charge < -0.3 is 0 Å². The summed E-state index contributed by atoms with van der Waals surface area (Å²) in [6, 6.07) is 4.20. The third-order valence-corrected chi connectivity index (χ3v) is 1.69. The Bertz CT molecular complexity index is 332. The zero-order chi connectivity index (χ0) is 9.84. The van der Waals surface area contributed by atoms with Gasteiger partial charge in [-0.1, -0.05) is 18.7 Å². The lowest BCUT2D eigenvalue weighted by molar-refractivity contribution is 0.151. The van der Waals surface area contributed by atoms with E-state index in [0.717, 1.165) is 0 Å². The molecule has 1 aromatic carbocycles. The standard InChI is InChI=1S/C10H9F2N/c1-3-7-6-8(10(11)12)4-5-9(7)13-2/h3-6,10H,1-2H2. The molecule has 0 saturated heterocycles. The highest BCUT2D eigenvalue weighted by Crippen LogP contribution is 2.26. The SMILES string of the molecule is C=Cc1cc(C(F)F)ccc1N=C. The Morgan fingerprint density at radius 3 is 2.54 bits per heavy atom. The minimum atomic E-state index is -2.46. The average molecular weight is 181 g/mol. The molecule has 0 aliphatic heterocycles. The molecule has 68 valence electrons. The van der Waals surface area contributed by atoms with E-state index in [1.165, 1.54) is 24.3 Å². The predicted octanol–water partition coefficient (Wildman–Crippen LogP) is 3.60. The van der Waals surface area contributed by atoms with Crippen molar-refractivity contribution in [2.24, 2.45) is 4.99 Å². The van der Waals surface area contributed by atoms with Crippen molar-refractivity contribution >= 4 is 18.5 Å². The van der Waals surface area contributed by atoms with Crippen LogP contribution >= 0.6 is 0 Å². The Morgan fingerprint density at radius 1 is 1.38 bits per heavy atom. The molecule has 3 heteroatoms. The monoisotopic (exact) mass is 181 g/mol. The van der Waals surface area contributed by atoms with E-state index in [-0.39, 0.29) is 5.56 Å². The topological polar surface area (TPSA) is 12.4 Å². The molecule has 0 bridgehead atoms. The summed E-state index contributed by atoms with van der Waals surface area (Å²) in [7, 11) is 0. The van der Waals surface area contributed by atoms with Crippen LogP contribution in [-0.4, -0.2) is 6.72 Å². The quantitative estimate of drug-likeness (QED) is 0.632. The van der Waals surface area contributed by atoms with Gasteiger partial charge in [0, 0.05) is 5.56 Å². The van der Waals surface area contributed by atoms with Gasteiger partial charge in [0.25, 0.3) is 6.43 Å². The molecule has 0 saturated carbocycles. The molecule has 0 spiro atoms. The molecule has 0 radical (unpaired) electrons. The van der Waals surface area contributed by atoms with Gasteiger partial charge in [-0.3, -0.25) is 4.99 Å². The van der Waals surface area contributed by atoms with Crippen LogP contribution in [0.15, 0.2) is 29.8 Å². The summed E-state index contributed by atoms with van der Waals surface area (Å²) in [5, 5.41) is 0. The summed E-state index contributed by atoms with van der Waals surface area (Å²) in [6.45, 7) is 6.84. The molecule has 0 heterocycles. The maximum absolute atomic E-state index is 12.2. The van der Waals surface area contributed by atoms with Crippen molar-refractivity contribution < 1.29 is 8.78 Å². The van der Waals surface area contributed by atoms with Crippen molar-refractivity contribution in [1.29, 1.82) is 0 Å². The maximum Gasteiger partial charge on any atom is 0.263 e. The lowest BCUT2D eigenvalue weighted by Gasteiger charge is -2.03. The molecule has 0 N–H and O–H groups in total. The molecule has 13 heavy (non-hydrogen) atoms. The van der Waals surface area contributed by atoms with Crippen LogP contribution in [0, 0.1) is 0 Å². The van der Waals surface area contributed by atoms with E-state index in [4.69, 9.17) is 0 Å². The van der Waals surface area contributed by atoms with E-state index in [2.05, 4.69) is 18.3 Å². The van der Waals surface area contributed by atoms with E-state index in [0.29, 0.717) is 11.3 Å². The van der Waals surface area contributed by atoms with Gasteiger partial charge in [-0.15, -0.1) is 0 Å². The van der Waals surface area contributed by atoms with Gasteiger partial charge in [-0.05, 0) is 24.4 Å². The van der Waals surface area contributed by atoms with Gasteiger partial charge in [0.1, 0.15) is 0 Å². The molecule has 0 amide bonds. The number of nitrogens with zero attached hydrogens (tertiary/aromatic N) is 1. The van der Waals surface area contributed by atoms with Crippen LogP contribution in [0.25, 0.3) is 6.08 Å². The summed E-state index contributed by atoms with van der Waals surface area (Å²) in [6.07, 6.45) is -0.979. The largest absolute Gasteiger partial charge is 0.264 e. The summed E-state index contributed by atoms with van der Waals surface area (Å²) in [5.41, 5.74) is 1.12. The maximum atomic E-state index is 12.2. The van der Waals surface area contributed by atoms with Crippen molar-refractivity contribution in [3.05, 3.63) is 35.9 Å². The third kappa shape index (κ3) is 1.99. The van der Waals surface area contributed by atoms with Gasteiger partial charge in [0.05, 0.1) is 5.69 Å². The first-order chi connectivity index (χ1) is 6.19. The Balaban J connectivity index is 3.20. The second kappa shape index (κ2) is 3.94. The number of benzene rings is 1. The van der Waals surface area contributed by atoms with Crippen LogP contribution in [0.2, 0.25) is 0 Å². The highest BCUT2D eigenvalue weighted by molar-refractivity contribution is 5.65. The van der Waals surface area contributed by atoms with Crippen molar-refractivity contribution in [2.45, 2.75) is 6.43 Å². The lowest BCUT2D eigenvalue weighted by Crippen LogP contribution is -1.84. The van der Waals surface area contributed by atoms with Crippen LogP contribution in [-0.2, 0) is 0 Å². The van der Waals surface area contributed by atoms with Crippen LogP contribution in [0.3, 0.4) is 0 Å². The summed E-state index contributed by atoms with van der Waals surface area (Å²) < 4.78 is 24.5. The predicted molar refractivity (Wildman–Crippen MR) is 50.7 cm³/mol. The van der Waals surface area contributed by atoms with Crippen LogP contribution < -0.4 is 0 Å². The first-order valence-corrected chi connectivity index (χ1v) is 3.70. The molecular weight excluding hydrogens is 172 g/mol. The fraction of sp³-hybridized carbons (Fsp3) is 0.100. The van der Waals surface area contributed by atoms with Gasteiger partial charge in [0.15, 0.2) is 0 Å². The molecule has 1 nitrogen and oxygen atoms in total. The Morgan fingerprint density at radius 2 is 2.08 bits per heavy atom. The van der Waals surface area contributed by atoms with Gasteiger partial charge in [0.2, 0.25) is 0 Å². The molecule has 0 unspecified atom stereocenters. The van der Waals surface area contributed by atoms with Gasteiger partial charge in [-0.25, -0.2) is 8.78 Å². The normalized spacial score (nSPS) is 10.1. The highest BCUT2D eigenvalue weighted by Gasteiger charge is 2.08. The Labute approximate surface area is 75.4 Å². The van der Waals surface area contributed by atoms with E-state index in [1.807, 2.05) is 0 Å². The number of hydrogen-bond donors (Lipinski definition) is 0. The molecule has 0 fully saturated rings. The number of aliphatic imine (C=N–C) groups is 1. The van der Waals surface area contributed by atoms with Crippen LogP contribution in [0.5, 0.6) is 0 Å². The molecule has 0 atom stereocenters. The average Bonchev–Trinajstić information content (AvgIpc) is 2.16. The van der Waals surface area contributed by atoms with E-state index >= 15 is 0 Å². The van der Waals surface area contributed by atoms with Gasteiger partial charge >= 0.3 is 0 Å².